The van der Waals surface area contributed by atoms with Crippen molar-refractivity contribution in [3.63, 3.8) is 0 Å². The van der Waals surface area contributed by atoms with Gasteiger partial charge in [0, 0.05) is 17.3 Å². The molecule has 4 aliphatic rings. The van der Waals surface area contributed by atoms with E-state index in [-0.39, 0.29) is 11.8 Å². The number of benzene rings is 4. The SMILES string of the molecule is Cc1cccc2c1C[C@@H]1CCC[C@H]3Cc4c(C)cccc4C213.Cc1ccccc1C[C@@H]1CCC[C@@H](Cc2ccccc2C)C1=O. The molecule has 0 bridgehead atoms. The third-order valence-electron chi connectivity index (χ3n) is 12.4. The molecule has 4 atom stereocenters. The van der Waals surface area contributed by atoms with E-state index in [9.17, 15) is 4.79 Å². The Labute approximate surface area is 271 Å². The molecule has 232 valence electrons. The third kappa shape index (κ3) is 5.31. The van der Waals surface area contributed by atoms with Gasteiger partial charge in [0.1, 0.15) is 5.78 Å². The van der Waals surface area contributed by atoms with Crippen LogP contribution in [0.15, 0.2) is 84.9 Å². The molecule has 1 nitrogen and oxygen atoms in total. The first kappa shape index (κ1) is 30.2. The van der Waals surface area contributed by atoms with E-state index >= 15 is 0 Å². The summed E-state index contributed by atoms with van der Waals surface area (Å²) in [5, 5.41) is 0. The molecule has 2 fully saturated rings. The van der Waals surface area contributed by atoms with E-state index in [4.69, 9.17) is 0 Å². The first-order chi connectivity index (χ1) is 21.9. The lowest BCUT2D eigenvalue weighted by atomic mass is 9.59. The minimum atomic E-state index is 0.207. The van der Waals surface area contributed by atoms with Crippen molar-refractivity contribution in [3.8, 4) is 0 Å². The average molecular weight is 595 g/mol. The quantitative estimate of drug-likeness (QED) is 0.230. The predicted octanol–water partition coefficient (Wildman–Crippen LogP) is 10.2. The number of hydrogen-bond donors (Lipinski definition) is 0. The van der Waals surface area contributed by atoms with Gasteiger partial charge in [0.25, 0.3) is 0 Å². The molecule has 0 saturated heterocycles. The topological polar surface area (TPSA) is 17.1 Å². The lowest BCUT2D eigenvalue weighted by Gasteiger charge is -2.43. The van der Waals surface area contributed by atoms with Gasteiger partial charge in [-0.3, -0.25) is 4.79 Å². The molecule has 0 aliphatic heterocycles. The molecule has 0 heterocycles. The Bertz CT molecular complexity index is 1590. The van der Waals surface area contributed by atoms with Crippen molar-refractivity contribution in [2.45, 2.75) is 97.3 Å². The van der Waals surface area contributed by atoms with Gasteiger partial charge in [0.05, 0.1) is 0 Å². The highest BCUT2D eigenvalue weighted by atomic mass is 16.1. The van der Waals surface area contributed by atoms with Gasteiger partial charge in [-0.25, -0.2) is 0 Å². The van der Waals surface area contributed by atoms with Gasteiger partial charge < -0.3 is 0 Å². The smallest absolute Gasteiger partial charge is 0.139 e. The number of aryl methyl sites for hydroxylation is 4. The maximum absolute atomic E-state index is 13.0. The van der Waals surface area contributed by atoms with Crippen LogP contribution in [-0.4, -0.2) is 5.78 Å². The zero-order valence-corrected chi connectivity index (χ0v) is 27.9. The van der Waals surface area contributed by atoms with Gasteiger partial charge >= 0.3 is 0 Å². The van der Waals surface area contributed by atoms with Crippen molar-refractivity contribution in [1.82, 2.24) is 0 Å². The van der Waals surface area contributed by atoms with E-state index in [1.54, 1.807) is 22.3 Å². The van der Waals surface area contributed by atoms with E-state index in [2.05, 4.69) is 113 Å². The van der Waals surface area contributed by atoms with Crippen LogP contribution in [0.2, 0.25) is 0 Å². The number of Topliss-reactive ketones (excluding diaryl/α,β-unsaturated/α-hetero) is 1. The second-order valence-corrected chi connectivity index (χ2v) is 14.8. The Morgan fingerprint density at radius 3 is 1.42 bits per heavy atom. The fourth-order valence-corrected chi connectivity index (χ4v) is 10.0. The molecule has 0 unspecified atom stereocenters. The van der Waals surface area contributed by atoms with Crippen molar-refractivity contribution in [2.24, 2.45) is 23.7 Å². The number of carbonyl (C=O) groups is 1. The van der Waals surface area contributed by atoms with E-state index in [1.165, 1.54) is 71.9 Å². The number of carbonyl (C=O) groups excluding carboxylic acids is 1. The average Bonchev–Trinajstić information content (AvgIpc) is 3.58. The standard InChI is InChI=1S/C22H26O.C22H24/c1-16-8-3-5-10-18(16)14-20-12-7-13-21(22(20)23)15-19-11-6-4-9-17(19)2;1-14-6-3-10-20-18(14)12-16-8-5-9-17-13-19-15(2)7-4-11-21(19)22(16,17)20/h3-6,8-11,20-21H,7,12-15H2,1-2H3;3-4,6-7,10-11,16-17H,5,8-9,12-13H2,1-2H3/t20-,21-;16-,17-,22?/m00/s1. The molecule has 0 radical (unpaired) electrons. The first-order valence-electron chi connectivity index (χ1n) is 17.7. The Morgan fingerprint density at radius 1 is 0.533 bits per heavy atom. The largest absolute Gasteiger partial charge is 0.299 e. The Morgan fingerprint density at radius 2 is 0.956 bits per heavy atom. The van der Waals surface area contributed by atoms with Crippen molar-refractivity contribution < 1.29 is 4.79 Å². The van der Waals surface area contributed by atoms with E-state index in [0.717, 1.165) is 37.5 Å². The Balaban J connectivity index is 0.000000145. The van der Waals surface area contributed by atoms with Crippen LogP contribution in [-0.2, 0) is 35.9 Å². The second-order valence-electron chi connectivity index (χ2n) is 14.8. The predicted molar refractivity (Wildman–Crippen MR) is 187 cm³/mol. The molecule has 4 aromatic carbocycles. The van der Waals surface area contributed by atoms with Crippen LogP contribution < -0.4 is 0 Å². The molecule has 0 N–H and O–H groups in total. The number of rotatable bonds is 4. The van der Waals surface area contributed by atoms with Crippen LogP contribution in [0.4, 0.5) is 0 Å². The van der Waals surface area contributed by atoms with Crippen LogP contribution in [0.1, 0.15) is 94.2 Å². The summed E-state index contributed by atoms with van der Waals surface area (Å²) in [6.07, 6.45) is 12.0. The van der Waals surface area contributed by atoms with E-state index in [1.807, 2.05) is 0 Å². The van der Waals surface area contributed by atoms with Crippen molar-refractivity contribution in [1.29, 1.82) is 0 Å². The van der Waals surface area contributed by atoms with Gasteiger partial charge in [0.2, 0.25) is 0 Å². The number of ketones is 1. The monoisotopic (exact) mass is 594 g/mol. The zero-order valence-electron chi connectivity index (χ0n) is 27.9. The summed E-state index contributed by atoms with van der Waals surface area (Å²) < 4.78 is 0. The minimum Gasteiger partial charge on any atom is -0.299 e. The summed E-state index contributed by atoms with van der Waals surface area (Å²) in [5.74, 6) is 2.58. The zero-order chi connectivity index (χ0) is 31.1. The van der Waals surface area contributed by atoms with E-state index < -0.39 is 0 Å². The van der Waals surface area contributed by atoms with Crippen LogP contribution in [0, 0.1) is 51.4 Å². The van der Waals surface area contributed by atoms with Crippen molar-refractivity contribution in [3.05, 3.63) is 141 Å². The maximum Gasteiger partial charge on any atom is 0.139 e. The van der Waals surface area contributed by atoms with Gasteiger partial charge in [-0.05, 0) is 147 Å². The highest BCUT2D eigenvalue weighted by molar-refractivity contribution is 5.84. The molecule has 1 heteroatoms. The van der Waals surface area contributed by atoms with Gasteiger partial charge in [-0.15, -0.1) is 0 Å². The summed E-state index contributed by atoms with van der Waals surface area (Å²) in [5.41, 5.74) is 15.4. The summed E-state index contributed by atoms with van der Waals surface area (Å²) in [6, 6.07) is 31.1. The van der Waals surface area contributed by atoms with Gasteiger partial charge in [0.15, 0.2) is 0 Å². The molecule has 4 aliphatic carbocycles. The summed E-state index contributed by atoms with van der Waals surface area (Å²) in [6.45, 7) is 8.92. The minimum absolute atomic E-state index is 0.207. The normalized spacial score (nSPS) is 26.3. The molecule has 45 heavy (non-hydrogen) atoms. The molecule has 8 rings (SSSR count). The van der Waals surface area contributed by atoms with Crippen LogP contribution in [0.5, 0.6) is 0 Å². The lowest BCUT2D eigenvalue weighted by Crippen LogP contribution is -2.40. The highest BCUT2D eigenvalue weighted by Crippen LogP contribution is 2.63. The van der Waals surface area contributed by atoms with Gasteiger partial charge in [-0.2, -0.15) is 0 Å². The fourth-order valence-electron chi connectivity index (χ4n) is 10.0. The summed E-state index contributed by atoms with van der Waals surface area (Å²) >= 11 is 0. The Kier molecular flexibility index (Phi) is 8.32. The van der Waals surface area contributed by atoms with Crippen LogP contribution in [0.3, 0.4) is 0 Å². The molecular weight excluding hydrogens is 544 g/mol. The fraction of sp³-hybridized carbons (Fsp3) is 0.432. The molecule has 0 aromatic heterocycles. The van der Waals surface area contributed by atoms with Crippen LogP contribution >= 0.6 is 0 Å². The lowest BCUT2D eigenvalue weighted by molar-refractivity contribution is -0.129. The van der Waals surface area contributed by atoms with Crippen molar-refractivity contribution >= 4 is 5.78 Å². The number of fused-ring (bicyclic) bond motifs is 2. The second kappa shape index (κ2) is 12.4. The number of hydrogen-bond acceptors (Lipinski definition) is 1. The maximum atomic E-state index is 13.0. The molecular formula is C44H50O. The molecule has 0 amide bonds. The molecule has 4 aromatic rings. The van der Waals surface area contributed by atoms with Crippen LogP contribution in [0.25, 0.3) is 0 Å². The first-order valence-corrected chi connectivity index (χ1v) is 17.7. The molecule has 1 spiro atoms. The summed E-state index contributed by atoms with van der Waals surface area (Å²) in [7, 11) is 0. The Hall–Kier alpha value is -3.45. The highest BCUT2D eigenvalue weighted by Gasteiger charge is 2.58. The van der Waals surface area contributed by atoms with Crippen molar-refractivity contribution in [2.75, 3.05) is 0 Å². The summed E-state index contributed by atoms with van der Waals surface area (Å²) in [4.78, 5) is 13.0. The van der Waals surface area contributed by atoms with Gasteiger partial charge in [-0.1, -0.05) is 97.8 Å². The molecule has 2 saturated carbocycles. The third-order valence-corrected chi connectivity index (χ3v) is 12.4. The van der Waals surface area contributed by atoms with E-state index in [0.29, 0.717) is 11.2 Å².